The van der Waals surface area contributed by atoms with Gasteiger partial charge in [-0.2, -0.15) is 0 Å². The van der Waals surface area contributed by atoms with Crippen LogP contribution in [0.25, 0.3) is 0 Å². The van der Waals surface area contributed by atoms with E-state index in [1.807, 2.05) is 0 Å². The number of nitrogens with one attached hydrogen (secondary N) is 1. The first-order valence-electron chi connectivity index (χ1n) is 6.60. The second-order valence-electron chi connectivity index (χ2n) is 5.80. The minimum atomic E-state index is -1.16. The van der Waals surface area contributed by atoms with Gasteiger partial charge in [-0.05, 0) is 44.9 Å². The van der Waals surface area contributed by atoms with E-state index in [1.54, 1.807) is 39.8 Å². The summed E-state index contributed by atoms with van der Waals surface area (Å²) >= 11 is 0. The monoisotopic (exact) mass is 295 g/mol. The van der Waals surface area contributed by atoms with Crippen LogP contribution in [-0.2, 0) is 16.0 Å². The van der Waals surface area contributed by atoms with Crippen LogP contribution in [0.2, 0.25) is 0 Å². The molecule has 3 N–H and O–H groups in total. The van der Waals surface area contributed by atoms with E-state index < -0.39 is 23.7 Å². The number of carboxylic acids is 1. The normalized spacial score (nSPS) is 12.6. The van der Waals surface area contributed by atoms with Gasteiger partial charge in [0, 0.05) is 6.42 Å². The van der Waals surface area contributed by atoms with Crippen LogP contribution < -0.4 is 5.32 Å². The van der Waals surface area contributed by atoms with Gasteiger partial charge in [-0.1, -0.05) is 12.1 Å². The highest BCUT2D eigenvalue weighted by molar-refractivity contribution is 5.80. The molecule has 0 heterocycles. The van der Waals surface area contributed by atoms with Crippen LogP contribution in [0, 0.1) is 6.92 Å². The number of carbonyl (C=O) groups excluding carboxylic acids is 1. The zero-order valence-corrected chi connectivity index (χ0v) is 12.6. The lowest BCUT2D eigenvalue weighted by molar-refractivity contribution is -0.139. The second-order valence-corrected chi connectivity index (χ2v) is 5.80. The highest BCUT2D eigenvalue weighted by Crippen LogP contribution is 2.21. The smallest absolute Gasteiger partial charge is 0.408 e. The van der Waals surface area contributed by atoms with Gasteiger partial charge in [0.15, 0.2) is 0 Å². The van der Waals surface area contributed by atoms with Crippen molar-refractivity contribution in [3.63, 3.8) is 0 Å². The quantitative estimate of drug-likeness (QED) is 0.791. The van der Waals surface area contributed by atoms with Crippen LogP contribution >= 0.6 is 0 Å². The summed E-state index contributed by atoms with van der Waals surface area (Å²) in [6, 6.07) is 3.74. The Morgan fingerprint density at radius 1 is 1.33 bits per heavy atom. The number of hydrogen-bond donors (Lipinski definition) is 3. The second kappa shape index (κ2) is 6.47. The van der Waals surface area contributed by atoms with Crippen molar-refractivity contribution in [2.45, 2.75) is 45.8 Å². The minimum Gasteiger partial charge on any atom is -0.508 e. The van der Waals surface area contributed by atoms with E-state index in [-0.39, 0.29) is 12.2 Å². The predicted octanol–water partition coefficient (Wildman–Crippen LogP) is 2.22. The van der Waals surface area contributed by atoms with Crippen molar-refractivity contribution in [3.8, 4) is 5.75 Å². The van der Waals surface area contributed by atoms with Crippen LogP contribution in [0.5, 0.6) is 5.75 Å². The Morgan fingerprint density at radius 2 is 1.95 bits per heavy atom. The molecular formula is C15H21NO5. The highest BCUT2D eigenvalue weighted by atomic mass is 16.6. The van der Waals surface area contributed by atoms with Gasteiger partial charge in [0.05, 0.1) is 0 Å². The number of ether oxygens (including phenoxy) is 1. The fourth-order valence-electron chi connectivity index (χ4n) is 1.76. The van der Waals surface area contributed by atoms with Crippen molar-refractivity contribution < 1.29 is 24.5 Å². The summed E-state index contributed by atoms with van der Waals surface area (Å²) in [7, 11) is 0. The zero-order chi connectivity index (χ0) is 16.2. The van der Waals surface area contributed by atoms with E-state index in [2.05, 4.69) is 5.32 Å². The van der Waals surface area contributed by atoms with Gasteiger partial charge in [-0.3, -0.25) is 0 Å². The molecule has 1 atom stereocenters. The van der Waals surface area contributed by atoms with Crippen LogP contribution in [-0.4, -0.2) is 33.9 Å². The molecule has 116 valence electrons. The third kappa shape index (κ3) is 5.33. The van der Waals surface area contributed by atoms with Gasteiger partial charge in [-0.25, -0.2) is 9.59 Å². The minimum absolute atomic E-state index is 0.0643. The first-order valence-corrected chi connectivity index (χ1v) is 6.60. The third-order valence-electron chi connectivity index (χ3n) is 2.83. The number of phenols is 1. The molecule has 6 nitrogen and oxygen atoms in total. The molecule has 1 aromatic carbocycles. The molecule has 0 spiro atoms. The topological polar surface area (TPSA) is 95.9 Å². The van der Waals surface area contributed by atoms with Gasteiger partial charge in [0.2, 0.25) is 0 Å². The van der Waals surface area contributed by atoms with Crippen molar-refractivity contribution in [1.82, 2.24) is 5.32 Å². The lowest BCUT2D eigenvalue weighted by atomic mass is 10.0. The Hall–Kier alpha value is -2.24. The van der Waals surface area contributed by atoms with Crippen molar-refractivity contribution in [1.29, 1.82) is 0 Å². The molecule has 1 rings (SSSR count). The van der Waals surface area contributed by atoms with E-state index in [4.69, 9.17) is 4.74 Å². The molecule has 0 unspecified atom stereocenters. The molecule has 0 saturated carbocycles. The number of amides is 1. The van der Waals surface area contributed by atoms with Gasteiger partial charge in [0.25, 0.3) is 0 Å². The first-order chi connectivity index (χ1) is 9.60. The van der Waals surface area contributed by atoms with E-state index in [1.165, 1.54) is 6.07 Å². The number of rotatable bonds is 4. The average molecular weight is 295 g/mol. The maximum absolute atomic E-state index is 11.7. The van der Waals surface area contributed by atoms with E-state index >= 15 is 0 Å². The number of hydrogen-bond acceptors (Lipinski definition) is 4. The molecule has 6 heteroatoms. The van der Waals surface area contributed by atoms with Crippen LogP contribution in [0.4, 0.5) is 4.79 Å². The van der Waals surface area contributed by atoms with Crippen molar-refractivity contribution >= 4 is 12.1 Å². The summed E-state index contributed by atoms with van der Waals surface area (Å²) in [5.74, 6) is -1.07. The molecule has 1 aromatic rings. The van der Waals surface area contributed by atoms with Gasteiger partial charge >= 0.3 is 12.1 Å². The number of phenolic OH excluding ortho intramolecular Hbond substituents is 1. The van der Waals surface area contributed by atoms with Gasteiger partial charge in [-0.15, -0.1) is 0 Å². The Labute approximate surface area is 123 Å². The number of carbonyl (C=O) groups is 2. The molecule has 0 aliphatic heterocycles. The molecule has 0 fully saturated rings. The average Bonchev–Trinajstić information content (AvgIpc) is 2.31. The number of benzene rings is 1. The van der Waals surface area contributed by atoms with Crippen LogP contribution in [0.15, 0.2) is 18.2 Å². The zero-order valence-electron chi connectivity index (χ0n) is 12.6. The maximum Gasteiger partial charge on any atom is 0.408 e. The summed E-state index contributed by atoms with van der Waals surface area (Å²) in [6.45, 7) is 6.78. The highest BCUT2D eigenvalue weighted by Gasteiger charge is 2.24. The molecule has 0 bridgehead atoms. The molecule has 0 aliphatic carbocycles. The SMILES string of the molecule is Cc1c(O)cccc1C[C@@H](NC(=O)OC(C)(C)C)C(=O)O. The molecular weight excluding hydrogens is 274 g/mol. The molecule has 1 amide bonds. The summed E-state index contributed by atoms with van der Waals surface area (Å²) in [6.07, 6.45) is -0.720. The Bertz CT molecular complexity index is 533. The van der Waals surface area contributed by atoms with E-state index in [0.717, 1.165) is 0 Å². The summed E-state index contributed by atoms with van der Waals surface area (Å²) < 4.78 is 5.05. The summed E-state index contributed by atoms with van der Waals surface area (Å²) in [5, 5.41) is 21.2. The number of carboxylic acid groups (broad SMARTS) is 1. The van der Waals surface area contributed by atoms with Gasteiger partial charge < -0.3 is 20.3 Å². The van der Waals surface area contributed by atoms with Crippen LogP contribution in [0.3, 0.4) is 0 Å². The third-order valence-corrected chi connectivity index (χ3v) is 2.83. The van der Waals surface area contributed by atoms with E-state index in [9.17, 15) is 19.8 Å². The van der Waals surface area contributed by atoms with Crippen molar-refractivity contribution in [2.24, 2.45) is 0 Å². The molecule has 0 radical (unpaired) electrons. The van der Waals surface area contributed by atoms with Gasteiger partial charge in [0.1, 0.15) is 17.4 Å². The molecule has 0 aromatic heterocycles. The molecule has 0 aliphatic rings. The fourth-order valence-corrected chi connectivity index (χ4v) is 1.76. The fraction of sp³-hybridized carbons (Fsp3) is 0.467. The van der Waals surface area contributed by atoms with Crippen molar-refractivity contribution in [3.05, 3.63) is 29.3 Å². The number of aliphatic carboxylic acids is 1. The number of aromatic hydroxyl groups is 1. The predicted molar refractivity (Wildman–Crippen MR) is 77.3 cm³/mol. The Morgan fingerprint density at radius 3 is 2.48 bits per heavy atom. The van der Waals surface area contributed by atoms with E-state index in [0.29, 0.717) is 11.1 Å². The first kappa shape index (κ1) is 16.8. The van der Waals surface area contributed by atoms with Crippen LogP contribution in [0.1, 0.15) is 31.9 Å². The largest absolute Gasteiger partial charge is 0.508 e. The standard InChI is InChI=1S/C15H21NO5/c1-9-10(6-5-7-12(9)17)8-11(13(18)19)16-14(20)21-15(2,3)4/h5-7,11,17H,8H2,1-4H3,(H,16,20)(H,18,19)/t11-/m1/s1. The lowest BCUT2D eigenvalue weighted by Gasteiger charge is -2.22. The van der Waals surface area contributed by atoms with Crippen molar-refractivity contribution in [2.75, 3.05) is 0 Å². The Kier molecular flexibility index (Phi) is 5.18. The molecule has 0 saturated heterocycles. The summed E-state index contributed by atoms with van der Waals surface area (Å²) in [4.78, 5) is 22.9. The summed E-state index contributed by atoms with van der Waals surface area (Å²) in [5.41, 5.74) is 0.543. The molecule has 21 heavy (non-hydrogen) atoms. The maximum atomic E-state index is 11.7. The number of alkyl carbamates (subject to hydrolysis) is 1. The lowest BCUT2D eigenvalue weighted by Crippen LogP contribution is -2.44. The Balaban J connectivity index is 2.82.